The van der Waals surface area contributed by atoms with E-state index < -0.39 is 0 Å². The van der Waals surface area contributed by atoms with Crippen molar-refractivity contribution in [3.63, 3.8) is 0 Å². The number of thiazole rings is 1. The summed E-state index contributed by atoms with van der Waals surface area (Å²) < 4.78 is 1.89. The molecule has 0 unspecified atom stereocenters. The molecule has 0 saturated heterocycles. The maximum Gasteiger partial charge on any atom is 0.0900 e. The van der Waals surface area contributed by atoms with Gasteiger partial charge in [0.2, 0.25) is 0 Å². The van der Waals surface area contributed by atoms with Gasteiger partial charge in [0, 0.05) is 4.88 Å². The number of anilines is 1. The minimum Gasteiger partial charge on any atom is -0.396 e. The molecule has 2 aromatic rings. The van der Waals surface area contributed by atoms with E-state index in [1.54, 1.807) is 17.5 Å². The van der Waals surface area contributed by atoms with E-state index in [1.165, 1.54) is 4.88 Å². The Bertz CT molecular complexity index is 484. The molecule has 2 N–H and O–H groups in total. The first-order valence-corrected chi connectivity index (χ1v) is 5.60. The predicted octanol–water partition coefficient (Wildman–Crippen LogP) is 1.90. The van der Waals surface area contributed by atoms with Gasteiger partial charge in [-0.15, -0.1) is 11.3 Å². The first-order valence-electron chi connectivity index (χ1n) is 4.78. The number of aromatic nitrogens is 3. The second-order valence-electron chi connectivity index (χ2n) is 3.58. The third-order valence-electron chi connectivity index (χ3n) is 2.44. The highest BCUT2D eigenvalue weighted by atomic mass is 32.1. The van der Waals surface area contributed by atoms with Crippen molar-refractivity contribution >= 4 is 17.0 Å². The van der Waals surface area contributed by atoms with Crippen molar-refractivity contribution in [2.45, 2.75) is 27.3 Å². The topological polar surface area (TPSA) is 56.7 Å². The second-order valence-corrected chi connectivity index (χ2v) is 4.99. The molecule has 0 aliphatic heterocycles. The van der Waals surface area contributed by atoms with E-state index in [9.17, 15) is 0 Å². The third kappa shape index (κ3) is 1.87. The van der Waals surface area contributed by atoms with Crippen molar-refractivity contribution in [1.82, 2.24) is 14.8 Å². The highest BCUT2D eigenvalue weighted by Gasteiger charge is 2.08. The number of nitrogens with two attached hydrogens (primary N) is 1. The zero-order chi connectivity index (χ0) is 11.0. The fraction of sp³-hybridized carbons (Fsp3) is 0.400. The molecule has 0 aliphatic rings. The Morgan fingerprint density at radius 1 is 1.40 bits per heavy atom. The van der Waals surface area contributed by atoms with Crippen molar-refractivity contribution < 1.29 is 0 Å². The zero-order valence-electron chi connectivity index (χ0n) is 9.11. The highest BCUT2D eigenvalue weighted by Crippen LogP contribution is 2.18. The maximum atomic E-state index is 5.74. The number of nitrogens with zero attached hydrogens (tertiary/aromatic N) is 3. The number of hydrogen-bond acceptors (Lipinski definition) is 4. The van der Waals surface area contributed by atoms with Crippen LogP contribution in [-0.2, 0) is 6.54 Å². The molecule has 0 fully saturated rings. The normalized spacial score (nSPS) is 10.9. The maximum absolute atomic E-state index is 5.74. The van der Waals surface area contributed by atoms with Gasteiger partial charge in [-0.1, -0.05) is 0 Å². The fourth-order valence-corrected chi connectivity index (χ4v) is 2.31. The number of aryl methyl sites for hydroxylation is 2. The minimum absolute atomic E-state index is 0.708. The molecule has 80 valence electrons. The average molecular weight is 222 g/mol. The Morgan fingerprint density at radius 3 is 2.60 bits per heavy atom. The molecule has 0 spiro atoms. The van der Waals surface area contributed by atoms with E-state index in [0.29, 0.717) is 6.54 Å². The molecule has 0 aliphatic carbocycles. The van der Waals surface area contributed by atoms with Crippen molar-refractivity contribution in [2.24, 2.45) is 0 Å². The first-order chi connectivity index (χ1) is 7.08. The first kappa shape index (κ1) is 10.2. The molecule has 15 heavy (non-hydrogen) atoms. The van der Waals surface area contributed by atoms with Crippen LogP contribution >= 0.6 is 11.3 Å². The van der Waals surface area contributed by atoms with E-state index >= 15 is 0 Å². The van der Waals surface area contributed by atoms with E-state index in [-0.39, 0.29) is 0 Å². The lowest BCUT2D eigenvalue weighted by Gasteiger charge is -2.02. The van der Waals surface area contributed by atoms with Gasteiger partial charge >= 0.3 is 0 Å². The van der Waals surface area contributed by atoms with Crippen molar-refractivity contribution in [1.29, 1.82) is 0 Å². The van der Waals surface area contributed by atoms with Gasteiger partial charge in [-0.2, -0.15) is 5.10 Å². The Balaban J connectivity index is 2.29. The summed E-state index contributed by atoms with van der Waals surface area (Å²) in [6, 6.07) is 0. The van der Waals surface area contributed by atoms with Gasteiger partial charge in [-0.3, -0.25) is 4.68 Å². The Kier molecular flexibility index (Phi) is 2.48. The monoisotopic (exact) mass is 222 g/mol. The predicted molar refractivity (Wildman–Crippen MR) is 62.1 cm³/mol. The quantitative estimate of drug-likeness (QED) is 0.844. The van der Waals surface area contributed by atoms with Crippen LogP contribution in [0, 0.1) is 20.8 Å². The SMILES string of the molecule is Cc1nc(Cn2ncc(N)c2C)c(C)s1. The molecule has 0 atom stereocenters. The van der Waals surface area contributed by atoms with Crippen LogP contribution in [0.4, 0.5) is 5.69 Å². The summed E-state index contributed by atoms with van der Waals surface area (Å²) in [6.45, 7) is 6.78. The molecule has 0 radical (unpaired) electrons. The molecule has 0 amide bonds. The second kappa shape index (κ2) is 3.66. The van der Waals surface area contributed by atoms with Crippen LogP contribution in [-0.4, -0.2) is 14.8 Å². The lowest BCUT2D eigenvalue weighted by atomic mass is 10.3. The minimum atomic E-state index is 0.708. The summed E-state index contributed by atoms with van der Waals surface area (Å²) in [4.78, 5) is 5.72. The van der Waals surface area contributed by atoms with Crippen LogP contribution < -0.4 is 5.73 Å². The fourth-order valence-electron chi connectivity index (χ4n) is 1.48. The number of hydrogen-bond donors (Lipinski definition) is 1. The summed E-state index contributed by atoms with van der Waals surface area (Å²) >= 11 is 1.72. The highest BCUT2D eigenvalue weighted by molar-refractivity contribution is 7.11. The summed E-state index contributed by atoms with van der Waals surface area (Å²) in [5.74, 6) is 0. The lowest BCUT2D eigenvalue weighted by Crippen LogP contribution is -2.05. The van der Waals surface area contributed by atoms with Crippen molar-refractivity contribution in [2.75, 3.05) is 5.73 Å². The molecular formula is C10H14N4S. The summed E-state index contributed by atoms with van der Waals surface area (Å²) in [7, 11) is 0. The summed E-state index contributed by atoms with van der Waals surface area (Å²) in [5, 5.41) is 5.31. The van der Waals surface area contributed by atoms with Gasteiger partial charge in [0.05, 0.1) is 34.8 Å². The van der Waals surface area contributed by atoms with E-state index in [4.69, 9.17) is 5.73 Å². The van der Waals surface area contributed by atoms with Crippen LogP contribution in [0.25, 0.3) is 0 Å². The molecule has 0 bridgehead atoms. The van der Waals surface area contributed by atoms with Gasteiger partial charge < -0.3 is 5.73 Å². The molecule has 2 rings (SSSR count). The van der Waals surface area contributed by atoms with Crippen molar-refractivity contribution in [3.05, 3.63) is 27.5 Å². The molecule has 0 saturated carbocycles. The van der Waals surface area contributed by atoms with Gasteiger partial charge in [0.1, 0.15) is 0 Å². The van der Waals surface area contributed by atoms with Gasteiger partial charge in [0.25, 0.3) is 0 Å². The van der Waals surface area contributed by atoms with Crippen LogP contribution in [0.2, 0.25) is 0 Å². The molecule has 0 aromatic carbocycles. The number of rotatable bonds is 2. The molecular weight excluding hydrogens is 208 g/mol. The van der Waals surface area contributed by atoms with E-state index in [2.05, 4.69) is 17.0 Å². The van der Waals surface area contributed by atoms with E-state index in [1.807, 2.05) is 18.5 Å². The Morgan fingerprint density at radius 2 is 2.13 bits per heavy atom. The molecule has 2 aromatic heterocycles. The van der Waals surface area contributed by atoms with Gasteiger partial charge in [-0.25, -0.2) is 4.98 Å². The van der Waals surface area contributed by atoms with Crippen LogP contribution in [0.5, 0.6) is 0 Å². The smallest absolute Gasteiger partial charge is 0.0900 e. The number of nitrogen functional groups attached to an aromatic ring is 1. The van der Waals surface area contributed by atoms with Gasteiger partial charge in [-0.05, 0) is 20.8 Å². The van der Waals surface area contributed by atoms with Crippen molar-refractivity contribution in [3.8, 4) is 0 Å². The molecule has 2 heterocycles. The lowest BCUT2D eigenvalue weighted by molar-refractivity contribution is 0.652. The van der Waals surface area contributed by atoms with Crippen LogP contribution in [0.3, 0.4) is 0 Å². The molecule has 5 heteroatoms. The zero-order valence-corrected chi connectivity index (χ0v) is 9.93. The molecule has 4 nitrogen and oxygen atoms in total. The summed E-state index contributed by atoms with van der Waals surface area (Å²) in [6.07, 6.45) is 1.68. The summed E-state index contributed by atoms with van der Waals surface area (Å²) in [5.41, 5.74) is 8.56. The Labute approximate surface area is 92.8 Å². The third-order valence-corrected chi connectivity index (χ3v) is 3.37. The Hall–Kier alpha value is -1.36. The van der Waals surface area contributed by atoms with Crippen LogP contribution in [0.1, 0.15) is 21.3 Å². The average Bonchev–Trinajstić information content (AvgIpc) is 2.64. The standard InChI is InChI=1S/C10H14N4S/c1-6-9(11)4-12-14(6)5-10-7(2)15-8(3)13-10/h4H,5,11H2,1-3H3. The van der Waals surface area contributed by atoms with Gasteiger partial charge in [0.15, 0.2) is 0 Å². The van der Waals surface area contributed by atoms with E-state index in [0.717, 1.165) is 22.1 Å². The largest absolute Gasteiger partial charge is 0.396 e. The van der Waals surface area contributed by atoms with Crippen LogP contribution in [0.15, 0.2) is 6.20 Å².